The van der Waals surface area contributed by atoms with Gasteiger partial charge in [0.2, 0.25) is 5.91 Å². The van der Waals surface area contributed by atoms with E-state index >= 15 is 0 Å². The fourth-order valence-electron chi connectivity index (χ4n) is 2.07. The van der Waals surface area contributed by atoms with E-state index in [9.17, 15) is 9.59 Å². The second kappa shape index (κ2) is 5.30. The van der Waals surface area contributed by atoms with Gasteiger partial charge in [0.25, 0.3) is 0 Å². The minimum absolute atomic E-state index is 0.0546. The van der Waals surface area contributed by atoms with Crippen LogP contribution in [0, 0.1) is 0 Å². The van der Waals surface area contributed by atoms with Crippen LogP contribution >= 0.6 is 0 Å². The van der Waals surface area contributed by atoms with Gasteiger partial charge in [-0.2, -0.15) is 0 Å². The Morgan fingerprint density at radius 1 is 1.42 bits per heavy atom. The lowest BCUT2D eigenvalue weighted by molar-refractivity contribution is -0.130. The molecule has 1 aliphatic carbocycles. The van der Waals surface area contributed by atoms with Gasteiger partial charge in [-0.15, -0.1) is 0 Å². The lowest BCUT2D eigenvalue weighted by atomic mass is 10.1. The number of carbonyl (C=O) groups excluding carboxylic acids is 2. The van der Waals surface area contributed by atoms with E-state index in [4.69, 9.17) is 5.73 Å². The van der Waals surface area contributed by atoms with Crippen LogP contribution in [-0.2, 0) is 16.1 Å². The Morgan fingerprint density at radius 3 is 2.63 bits per heavy atom. The molecule has 1 fully saturated rings. The molecule has 102 valence electrons. The van der Waals surface area contributed by atoms with Crippen molar-refractivity contribution in [3.63, 3.8) is 0 Å². The molecule has 0 atom stereocenters. The molecular weight excluding hydrogens is 244 g/mol. The van der Waals surface area contributed by atoms with Crippen LogP contribution in [0.25, 0.3) is 0 Å². The Labute approximate surface area is 112 Å². The third-order valence-electron chi connectivity index (χ3n) is 3.27. The molecular formula is C14H18N2O3. The van der Waals surface area contributed by atoms with Crippen molar-refractivity contribution >= 4 is 17.6 Å². The normalized spacial score (nSPS) is 14.0. The Hall–Kier alpha value is -2.04. The van der Waals surface area contributed by atoms with Gasteiger partial charge in [-0.25, -0.2) is 4.79 Å². The largest absolute Gasteiger partial charge is 0.465 e. The van der Waals surface area contributed by atoms with E-state index in [-0.39, 0.29) is 5.91 Å². The van der Waals surface area contributed by atoms with Crippen LogP contribution in [0.5, 0.6) is 0 Å². The molecule has 0 aliphatic heterocycles. The predicted octanol–water partition coefficient (Wildman–Crippen LogP) is 1.57. The summed E-state index contributed by atoms with van der Waals surface area (Å²) < 4.78 is 4.68. The molecule has 1 amide bonds. The fourth-order valence-corrected chi connectivity index (χ4v) is 2.07. The second-order valence-corrected chi connectivity index (χ2v) is 4.79. The topological polar surface area (TPSA) is 72.6 Å². The molecule has 1 aliphatic rings. The first-order valence-electron chi connectivity index (χ1n) is 6.27. The van der Waals surface area contributed by atoms with E-state index in [0.29, 0.717) is 23.8 Å². The van der Waals surface area contributed by atoms with Crippen molar-refractivity contribution in [2.45, 2.75) is 32.4 Å². The van der Waals surface area contributed by atoms with Gasteiger partial charge in [0.15, 0.2) is 0 Å². The monoisotopic (exact) mass is 262 g/mol. The molecule has 0 bridgehead atoms. The van der Waals surface area contributed by atoms with Gasteiger partial charge in [0, 0.05) is 25.2 Å². The zero-order valence-electron chi connectivity index (χ0n) is 11.2. The SMILES string of the molecule is COC(=O)c1cc(CN(C(C)=O)C2CC2)ccc1N. The van der Waals surface area contributed by atoms with Gasteiger partial charge in [0.1, 0.15) is 0 Å². The van der Waals surface area contributed by atoms with E-state index in [0.717, 1.165) is 18.4 Å². The zero-order chi connectivity index (χ0) is 14.0. The van der Waals surface area contributed by atoms with Crippen LogP contribution in [0.15, 0.2) is 18.2 Å². The third-order valence-corrected chi connectivity index (χ3v) is 3.27. The van der Waals surface area contributed by atoms with Gasteiger partial charge in [-0.1, -0.05) is 6.07 Å². The van der Waals surface area contributed by atoms with Crippen LogP contribution in [0.4, 0.5) is 5.69 Å². The Balaban J connectivity index is 2.20. The maximum Gasteiger partial charge on any atom is 0.339 e. The summed E-state index contributed by atoms with van der Waals surface area (Å²) in [5, 5.41) is 0. The number of anilines is 1. The van der Waals surface area contributed by atoms with Gasteiger partial charge in [-0.3, -0.25) is 4.79 Å². The van der Waals surface area contributed by atoms with Crippen molar-refractivity contribution in [3.05, 3.63) is 29.3 Å². The summed E-state index contributed by atoms with van der Waals surface area (Å²) in [6.45, 7) is 2.07. The van der Waals surface area contributed by atoms with Gasteiger partial charge >= 0.3 is 5.97 Å². The molecule has 0 radical (unpaired) electrons. The summed E-state index contributed by atoms with van der Waals surface area (Å²) in [7, 11) is 1.32. The number of nitrogens with two attached hydrogens (primary N) is 1. The number of methoxy groups -OCH3 is 1. The third kappa shape index (κ3) is 3.05. The fraction of sp³-hybridized carbons (Fsp3) is 0.429. The molecule has 19 heavy (non-hydrogen) atoms. The van der Waals surface area contributed by atoms with E-state index in [2.05, 4.69) is 4.74 Å². The predicted molar refractivity (Wildman–Crippen MR) is 71.4 cm³/mol. The molecule has 0 aromatic heterocycles. The van der Waals surface area contributed by atoms with Crippen molar-refractivity contribution in [1.82, 2.24) is 4.90 Å². The molecule has 0 heterocycles. The van der Waals surface area contributed by atoms with Crippen LogP contribution < -0.4 is 5.73 Å². The lowest BCUT2D eigenvalue weighted by Crippen LogP contribution is -2.30. The average Bonchev–Trinajstić information content (AvgIpc) is 3.20. The molecule has 1 aromatic carbocycles. The number of hydrogen-bond donors (Lipinski definition) is 1. The quantitative estimate of drug-likeness (QED) is 0.660. The number of ether oxygens (including phenoxy) is 1. The zero-order valence-corrected chi connectivity index (χ0v) is 11.2. The summed E-state index contributed by atoms with van der Waals surface area (Å²) in [5.74, 6) is -0.404. The standard InChI is InChI=1S/C14H18N2O3/c1-9(17)16(11-4-5-11)8-10-3-6-13(15)12(7-10)14(18)19-2/h3,6-7,11H,4-5,8,15H2,1-2H3. The van der Waals surface area contributed by atoms with Crippen LogP contribution in [0.2, 0.25) is 0 Å². The van der Waals surface area contributed by atoms with Crippen LogP contribution in [0.1, 0.15) is 35.7 Å². The molecule has 2 rings (SSSR count). The molecule has 0 spiro atoms. The number of nitrogens with zero attached hydrogens (tertiary/aromatic N) is 1. The molecule has 1 saturated carbocycles. The van der Waals surface area contributed by atoms with E-state index in [1.165, 1.54) is 7.11 Å². The minimum atomic E-state index is -0.458. The Kier molecular flexibility index (Phi) is 3.74. The summed E-state index contributed by atoms with van der Waals surface area (Å²) >= 11 is 0. The smallest absolute Gasteiger partial charge is 0.339 e. The summed E-state index contributed by atoms with van der Waals surface area (Å²) in [4.78, 5) is 25.0. The highest BCUT2D eigenvalue weighted by Crippen LogP contribution is 2.29. The number of nitrogen functional groups attached to an aromatic ring is 1. The van der Waals surface area contributed by atoms with Gasteiger partial charge < -0.3 is 15.4 Å². The molecule has 2 N–H and O–H groups in total. The van der Waals surface area contributed by atoms with Crippen molar-refractivity contribution in [2.24, 2.45) is 0 Å². The highest BCUT2D eigenvalue weighted by atomic mass is 16.5. The molecule has 5 heteroatoms. The average molecular weight is 262 g/mol. The molecule has 1 aromatic rings. The second-order valence-electron chi connectivity index (χ2n) is 4.79. The highest BCUT2D eigenvalue weighted by molar-refractivity contribution is 5.95. The summed E-state index contributed by atoms with van der Waals surface area (Å²) in [6, 6.07) is 5.54. The first kappa shape index (κ1) is 13.4. The molecule has 0 unspecified atom stereocenters. The number of esters is 1. The molecule has 5 nitrogen and oxygen atoms in total. The van der Waals surface area contributed by atoms with E-state index in [1.807, 2.05) is 11.0 Å². The van der Waals surface area contributed by atoms with Crippen molar-refractivity contribution in [2.75, 3.05) is 12.8 Å². The van der Waals surface area contributed by atoms with Crippen molar-refractivity contribution < 1.29 is 14.3 Å². The Bertz CT molecular complexity index is 509. The lowest BCUT2D eigenvalue weighted by Gasteiger charge is -2.21. The van der Waals surface area contributed by atoms with Gasteiger partial charge in [0.05, 0.1) is 12.7 Å². The number of carbonyl (C=O) groups is 2. The number of hydrogen-bond acceptors (Lipinski definition) is 4. The van der Waals surface area contributed by atoms with Crippen molar-refractivity contribution in [3.8, 4) is 0 Å². The van der Waals surface area contributed by atoms with E-state index in [1.54, 1.807) is 19.1 Å². The summed E-state index contributed by atoms with van der Waals surface area (Å²) in [5.41, 5.74) is 7.37. The maximum absolute atomic E-state index is 11.6. The Morgan fingerprint density at radius 2 is 2.11 bits per heavy atom. The van der Waals surface area contributed by atoms with E-state index < -0.39 is 5.97 Å². The highest BCUT2D eigenvalue weighted by Gasteiger charge is 2.30. The van der Waals surface area contributed by atoms with Crippen LogP contribution in [0.3, 0.4) is 0 Å². The summed E-state index contributed by atoms with van der Waals surface area (Å²) in [6.07, 6.45) is 2.11. The number of amides is 1. The number of benzene rings is 1. The number of rotatable bonds is 4. The van der Waals surface area contributed by atoms with Crippen LogP contribution in [-0.4, -0.2) is 29.9 Å². The molecule has 0 saturated heterocycles. The first-order valence-corrected chi connectivity index (χ1v) is 6.27. The minimum Gasteiger partial charge on any atom is -0.465 e. The maximum atomic E-state index is 11.6. The van der Waals surface area contributed by atoms with Gasteiger partial charge in [-0.05, 0) is 30.5 Å². The van der Waals surface area contributed by atoms with Crippen molar-refractivity contribution in [1.29, 1.82) is 0 Å². The first-order chi connectivity index (χ1) is 9.02.